The monoisotopic (exact) mass is 306 g/mol. The summed E-state index contributed by atoms with van der Waals surface area (Å²) in [5, 5.41) is 12.7. The van der Waals surface area contributed by atoms with E-state index in [1.165, 1.54) is 0 Å². The summed E-state index contributed by atoms with van der Waals surface area (Å²) in [5.74, 6) is -3.55. The number of anilines is 1. The zero-order valence-electron chi connectivity index (χ0n) is 10.6. The molecule has 1 rings (SSSR count). The second kappa shape index (κ2) is 6.20. The summed E-state index contributed by atoms with van der Waals surface area (Å²) in [5.41, 5.74) is -0.403. The number of nitrogens with one attached hydrogen (secondary N) is 1. The molecule has 0 saturated heterocycles. The van der Waals surface area contributed by atoms with Crippen molar-refractivity contribution in [1.29, 1.82) is 0 Å². The Labute approximate surface area is 115 Å². The number of rotatable bonds is 5. The molecule has 0 radical (unpaired) electrons. The first-order chi connectivity index (χ1) is 9.65. The van der Waals surface area contributed by atoms with Crippen LogP contribution in [-0.2, 0) is 9.59 Å². The van der Waals surface area contributed by atoms with Crippen LogP contribution < -0.4 is 10.1 Å². The smallest absolute Gasteiger partial charge is 0.450 e. The molecular formula is C11H9F3N2O5. The Morgan fingerprint density at radius 3 is 2.48 bits per heavy atom. The van der Waals surface area contributed by atoms with Crippen molar-refractivity contribution in [1.82, 2.24) is 0 Å². The number of hydrogen-bond acceptors (Lipinski definition) is 5. The number of halogens is 3. The minimum atomic E-state index is -5.09. The maximum Gasteiger partial charge on any atom is 0.450 e. The van der Waals surface area contributed by atoms with Crippen molar-refractivity contribution < 1.29 is 32.4 Å². The van der Waals surface area contributed by atoms with E-state index in [9.17, 15) is 32.9 Å². The fraction of sp³-hybridized carbons (Fsp3) is 0.273. The van der Waals surface area contributed by atoms with Crippen molar-refractivity contribution in [2.45, 2.75) is 12.6 Å². The van der Waals surface area contributed by atoms with E-state index in [-0.39, 0.29) is 17.1 Å². The number of nitrogens with zero attached hydrogens (tertiary/aromatic N) is 1. The van der Waals surface area contributed by atoms with Gasteiger partial charge < -0.3 is 10.1 Å². The number of amides is 1. The number of nitro benzene ring substituents is 1. The lowest BCUT2D eigenvalue weighted by Gasteiger charge is -2.08. The van der Waals surface area contributed by atoms with Crippen LogP contribution in [0.1, 0.15) is 6.42 Å². The van der Waals surface area contributed by atoms with Gasteiger partial charge >= 0.3 is 11.9 Å². The van der Waals surface area contributed by atoms with E-state index in [4.69, 9.17) is 4.74 Å². The molecule has 0 aliphatic heterocycles. The fourth-order valence-corrected chi connectivity index (χ4v) is 1.36. The van der Waals surface area contributed by atoms with Crippen molar-refractivity contribution in [2.75, 3.05) is 12.4 Å². The van der Waals surface area contributed by atoms with Crippen molar-refractivity contribution in [3.05, 3.63) is 28.3 Å². The third-order valence-corrected chi connectivity index (χ3v) is 2.30. The molecule has 0 spiro atoms. The van der Waals surface area contributed by atoms with Crippen LogP contribution >= 0.6 is 0 Å². The molecule has 0 aromatic heterocycles. The Bertz CT molecular complexity index is 586. The van der Waals surface area contributed by atoms with Gasteiger partial charge in [0.2, 0.25) is 11.7 Å². The average molecular weight is 306 g/mol. The number of ketones is 1. The van der Waals surface area contributed by atoms with Crippen LogP contribution in [0.15, 0.2) is 18.2 Å². The molecule has 10 heteroatoms. The molecule has 1 N–H and O–H groups in total. The normalized spacial score (nSPS) is 10.9. The molecule has 0 aliphatic rings. The Hall–Kier alpha value is -2.65. The standard InChI is InChI=1S/C11H9F3N2O5/c1-21-8-4-6(2-3-7(8)16(19)20)15-10(18)5-9(17)11(12,13)14/h2-4H,5H2,1H3,(H,15,18). The van der Waals surface area contributed by atoms with E-state index in [1.807, 2.05) is 5.32 Å². The van der Waals surface area contributed by atoms with Crippen LogP contribution in [0.2, 0.25) is 0 Å². The maximum absolute atomic E-state index is 12.0. The molecule has 1 aromatic carbocycles. The lowest BCUT2D eigenvalue weighted by molar-refractivity contribution is -0.385. The largest absolute Gasteiger partial charge is 0.490 e. The van der Waals surface area contributed by atoms with Gasteiger partial charge in [0.15, 0.2) is 5.75 Å². The van der Waals surface area contributed by atoms with Gasteiger partial charge in [-0.1, -0.05) is 0 Å². The number of carbonyl (C=O) groups is 2. The summed E-state index contributed by atoms with van der Waals surface area (Å²) in [4.78, 5) is 31.8. The van der Waals surface area contributed by atoms with E-state index in [2.05, 4.69) is 0 Å². The second-order valence-corrected chi connectivity index (χ2v) is 3.79. The number of hydrogen-bond donors (Lipinski definition) is 1. The van der Waals surface area contributed by atoms with E-state index < -0.39 is 29.2 Å². The van der Waals surface area contributed by atoms with Crippen LogP contribution in [0.4, 0.5) is 24.5 Å². The first kappa shape index (κ1) is 16.4. The Morgan fingerprint density at radius 2 is 2.00 bits per heavy atom. The van der Waals surface area contributed by atoms with Gasteiger partial charge in [-0.25, -0.2) is 0 Å². The number of methoxy groups -OCH3 is 1. The molecular weight excluding hydrogens is 297 g/mol. The summed E-state index contributed by atoms with van der Waals surface area (Å²) in [7, 11) is 1.15. The summed E-state index contributed by atoms with van der Waals surface area (Å²) < 4.78 is 40.7. The van der Waals surface area contributed by atoms with Gasteiger partial charge in [0.1, 0.15) is 0 Å². The quantitative estimate of drug-likeness (QED) is 0.510. The zero-order chi connectivity index (χ0) is 16.2. The Kier molecular flexibility index (Phi) is 4.84. The fourth-order valence-electron chi connectivity index (χ4n) is 1.36. The van der Waals surface area contributed by atoms with Gasteiger partial charge in [-0.3, -0.25) is 19.7 Å². The highest BCUT2D eigenvalue weighted by atomic mass is 19.4. The Balaban J connectivity index is 2.82. The second-order valence-electron chi connectivity index (χ2n) is 3.79. The molecule has 21 heavy (non-hydrogen) atoms. The van der Waals surface area contributed by atoms with Gasteiger partial charge in [0, 0.05) is 17.8 Å². The van der Waals surface area contributed by atoms with Gasteiger partial charge in [0.25, 0.3) is 0 Å². The Morgan fingerprint density at radius 1 is 1.38 bits per heavy atom. The molecule has 0 bridgehead atoms. The summed E-state index contributed by atoms with van der Waals surface area (Å²) >= 11 is 0. The highest BCUT2D eigenvalue weighted by molar-refractivity contribution is 6.06. The van der Waals surface area contributed by atoms with Crippen LogP contribution in [-0.4, -0.2) is 29.9 Å². The third-order valence-electron chi connectivity index (χ3n) is 2.30. The number of carbonyl (C=O) groups excluding carboxylic acids is 2. The number of alkyl halides is 3. The number of ether oxygens (including phenoxy) is 1. The van der Waals surface area contributed by atoms with Crippen molar-refractivity contribution in [2.24, 2.45) is 0 Å². The molecule has 1 aromatic rings. The predicted octanol–water partition coefficient (Wildman–Crippen LogP) is 2.06. The van der Waals surface area contributed by atoms with Crippen LogP contribution in [0, 0.1) is 10.1 Å². The molecule has 114 valence electrons. The predicted molar refractivity (Wildman–Crippen MR) is 64.0 cm³/mol. The summed E-state index contributed by atoms with van der Waals surface area (Å²) in [6.45, 7) is 0. The van der Waals surface area contributed by atoms with E-state index >= 15 is 0 Å². The molecule has 7 nitrogen and oxygen atoms in total. The highest BCUT2D eigenvalue weighted by Gasteiger charge is 2.39. The molecule has 0 unspecified atom stereocenters. The van der Waals surface area contributed by atoms with Gasteiger partial charge in [0.05, 0.1) is 18.5 Å². The highest BCUT2D eigenvalue weighted by Crippen LogP contribution is 2.29. The number of Topliss-reactive ketones (excluding diaryl/α,β-unsaturated/α-hetero) is 1. The first-order valence-corrected chi connectivity index (χ1v) is 5.37. The minimum absolute atomic E-state index is 0.0302. The van der Waals surface area contributed by atoms with Gasteiger partial charge in [-0.2, -0.15) is 13.2 Å². The summed E-state index contributed by atoms with van der Waals surface area (Å²) in [6, 6.07) is 3.19. The third kappa shape index (κ3) is 4.44. The molecule has 0 heterocycles. The first-order valence-electron chi connectivity index (χ1n) is 5.37. The molecule has 0 fully saturated rings. The molecule has 0 saturated carbocycles. The van der Waals surface area contributed by atoms with Gasteiger partial charge in [-0.15, -0.1) is 0 Å². The maximum atomic E-state index is 12.0. The van der Waals surface area contributed by atoms with Crippen molar-refractivity contribution >= 4 is 23.1 Å². The van der Waals surface area contributed by atoms with Gasteiger partial charge in [-0.05, 0) is 6.07 Å². The van der Waals surface area contributed by atoms with E-state index in [1.54, 1.807) is 0 Å². The van der Waals surface area contributed by atoms with Crippen LogP contribution in [0.5, 0.6) is 5.75 Å². The van der Waals surface area contributed by atoms with Crippen LogP contribution in [0.25, 0.3) is 0 Å². The SMILES string of the molecule is COc1cc(NC(=O)CC(=O)C(F)(F)F)ccc1[N+](=O)[O-]. The number of benzene rings is 1. The summed E-state index contributed by atoms with van der Waals surface area (Å²) in [6.07, 6.45) is -6.46. The topological polar surface area (TPSA) is 98.5 Å². The lowest BCUT2D eigenvalue weighted by Crippen LogP contribution is -2.27. The van der Waals surface area contributed by atoms with Crippen LogP contribution in [0.3, 0.4) is 0 Å². The zero-order valence-corrected chi connectivity index (χ0v) is 10.6. The molecule has 1 amide bonds. The molecule has 0 atom stereocenters. The van der Waals surface area contributed by atoms with Crippen molar-refractivity contribution in [3.8, 4) is 5.75 Å². The minimum Gasteiger partial charge on any atom is -0.490 e. The van der Waals surface area contributed by atoms with E-state index in [0.29, 0.717) is 0 Å². The average Bonchev–Trinajstić information content (AvgIpc) is 2.36. The molecule has 0 aliphatic carbocycles. The number of nitro groups is 1. The van der Waals surface area contributed by atoms with E-state index in [0.717, 1.165) is 25.3 Å². The van der Waals surface area contributed by atoms with Crippen molar-refractivity contribution in [3.63, 3.8) is 0 Å². The lowest BCUT2D eigenvalue weighted by atomic mass is 10.2.